The molecule has 0 aliphatic heterocycles. The third kappa shape index (κ3) is 6.11. The normalized spacial score (nSPS) is 25.9. The van der Waals surface area contributed by atoms with Gasteiger partial charge in [-0.3, -0.25) is 0 Å². The second-order valence-corrected chi connectivity index (χ2v) is 6.55. The minimum absolute atomic E-state index is 0.860. The number of hydrogen-bond acceptors (Lipinski definition) is 0. The Hall–Kier alpha value is -0.780. The van der Waals surface area contributed by atoms with Crippen molar-refractivity contribution in [2.24, 2.45) is 17.8 Å². The number of allylic oxidation sites excluding steroid dienone is 5. The van der Waals surface area contributed by atoms with Crippen LogP contribution in [0.4, 0.5) is 0 Å². The summed E-state index contributed by atoms with van der Waals surface area (Å²) in [5.41, 5.74) is 1.45. The van der Waals surface area contributed by atoms with Gasteiger partial charge >= 0.3 is 0 Å². The monoisotopic (exact) mass is 274 g/mol. The molecule has 0 spiro atoms. The number of hydrogen-bond donors (Lipinski definition) is 0. The maximum Gasteiger partial charge on any atom is -0.0280 e. The molecule has 114 valence electrons. The number of rotatable bonds is 8. The fraction of sp³-hybridized carbons (Fsp3) is 0.700. The molecule has 0 saturated heterocycles. The van der Waals surface area contributed by atoms with Gasteiger partial charge in [0.1, 0.15) is 0 Å². The third-order valence-electron chi connectivity index (χ3n) is 5.04. The summed E-state index contributed by atoms with van der Waals surface area (Å²) in [7, 11) is 0. The lowest BCUT2D eigenvalue weighted by Gasteiger charge is -2.32. The van der Waals surface area contributed by atoms with E-state index in [0.29, 0.717) is 0 Å². The zero-order valence-corrected chi connectivity index (χ0v) is 13.9. The van der Waals surface area contributed by atoms with Gasteiger partial charge in [-0.1, -0.05) is 82.4 Å². The highest BCUT2D eigenvalue weighted by Crippen LogP contribution is 2.37. The van der Waals surface area contributed by atoms with Gasteiger partial charge in [0.2, 0.25) is 0 Å². The van der Waals surface area contributed by atoms with Crippen molar-refractivity contribution < 1.29 is 0 Å². The second kappa shape index (κ2) is 10.0. The van der Waals surface area contributed by atoms with E-state index in [1.54, 1.807) is 0 Å². The predicted molar refractivity (Wildman–Crippen MR) is 91.8 cm³/mol. The van der Waals surface area contributed by atoms with Crippen LogP contribution in [0.2, 0.25) is 0 Å². The third-order valence-corrected chi connectivity index (χ3v) is 5.04. The van der Waals surface area contributed by atoms with E-state index in [0.717, 1.165) is 17.8 Å². The minimum atomic E-state index is 0.860. The maximum absolute atomic E-state index is 3.74. The highest BCUT2D eigenvalue weighted by atomic mass is 14.3. The molecule has 0 heteroatoms. The average Bonchev–Trinajstić information content (AvgIpc) is 2.48. The highest BCUT2D eigenvalue weighted by molar-refractivity contribution is 5.20. The van der Waals surface area contributed by atoms with Crippen LogP contribution in [-0.2, 0) is 0 Å². The van der Waals surface area contributed by atoms with Gasteiger partial charge in [-0.15, -0.1) is 0 Å². The Morgan fingerprint density at radius 3 is 2.55 bits per heavy atom. The average molecular weight is 274 g/mol. The Kier molecular flexibility index (Phi) is 8.65. The van der Waals surface area contributed by atoms with Crippen LogP contribution < -0.4 is 0 Å². The molecule has 0 aromatic rings. The van der Waals surface area contributed by atoms with Gasteiger partial charge in [0.15, 0.2) is 0 Å². The van der Waals surface area contributed by atoms with Crippen LogP contribution in [0.25, 0.3) is 0 Å². The molecule has 3 unspecified atom stereocenters. The maximum atomic E-state index is 3.74. The van der Waals surface area contributed by atoms with Gasteiger partial charge in [0.05, 0.1) is 0 Å². The summed E-state index contributed by atoms with van der Waals surface area (Å²) in [6.07, 6.45) is 19.6. The highest BCUT2D eigenvalue weighted by Gasteiger charge is 2.24. The lowest BCUT2D eigenvalue weighted by molar-refractivity contribution is 0.192. The van der Waals surface area contributed by atoms with Crippen molar-refractivity contribution in [1.82, 2.24) is 0 Å². The first kappa shape index (κ1) is 17.3. The summed E-state index contributed by atoms with van der Waals surface area (Å²) in [5.74, 6) is 2.87. The smallest absolute Gasteiger partial charge is 0.0280 e. The second-order valence-electron chi connectivity index (χ2n) is 6.55. The molecular formula is C20H34. The molecule has 1 rings (SSSR count). The van der Waals surface area contributed by atoms with E-state index in [-0.39, 0.29) is 0 Å². The molecule has 1 fully saturated rings. The van der Waals surface area contributed by atoms with Crippen LogP contribution in [-0.4, -0.2) is 0 Å². The summed E-state index contributed by atoms with van der Waals surface area (Å²) in [6.45, 7) is 10.7. The molecule has 0 amide bonds. The van der Waals surface area contributed by atoms with Crippen LogP contribution >= 0.6 is 0 Å². The lowest BCUT2D eigenvalue weighted by atomic mass is 9.73. The van der Waals surface area contributed by atoms with Crippen molar-refractivity contribution in [3.05, 3.63) is 36.5 Å². The zero-order valence-electron chi connectivity index (χ0n) is 13.9. The van der Waals surface area contributed by atoms with E-state index in [1.165, 1.54) is 56.9 Å². The predicted octanol–water partition coefficient (Wildman–Crippen LogP) is 6.70. The molecule has 1 aliphatic rings. The van der Waals surface area contributed by atoms with Crippen LogP contribution in [0.1, 0.15) is 72.1 Å². The van der Waals surface area contributed by atoms with Crippen molar-refractivity contribution in [1.29, 1.82) is 0 Å². The van der Waals surface area contributed by atoms with Gasteiger partial charge in [0.25, 0.3) is 0 Å². The lowest BCUT2D eigenvalue weighted by Crippen LogP contribution is -2.21. The van der Waals surface area contributed by atoms with E-state index < -0.39 is 0 Å². The largest absolute Gasteiger partial charge is 0.0991 e. The van der Waals surface area contributed by atoms with Crippen LogP contribution in [0.3, 0.4) is 0 Å². The fourth-order valence-electron chi connectivity index (χ4n) is 3.70. The Balaban J connectivity index is 2.36. The molecule has 0 aromatic heterocycles. The molecular weight excluding hydrogens is 240 g/mol. The van der Waals surface area contributed by atoms with Gasteiger partial charge in [-0.2, -0.15) is 0 Å². The van der Waals surface area contributed by atoms with Crippen molar-refractivity contribution in [2.75, 3.05) is 0 Å². The molecule has 0 nitrogen and oxygen atoms in total. The quantitative estimate of drug-likeness (QED) is 0.432. The van der Waals surface area contributed by atoms with Gasteiger partial charge < -0.3 is 0 Å². The van der Waals surface area contributed by atoms with Crippen LogP contribution in [0.5, 0.6) is 0 Å². The van der Waals surface area contributed by atoms with Crippen molar-refractivity contribution in [2.45, 2.75) is 72.1 Å². The Morgan fingerprint density at radius 2 is 1.95 bits per heavy atom. The molecule has 1 aliphatic carbocycles. The van der Waals surface area contributed by atoms with E-state index >= 15 is 0 Å². The van der Waals surface area contributed by atoms with Gasteiger partial charge in [-0.25, -0.2) is 0 Å². The van der Waals surface area contributed by atoms with Crippen molar-refractivity contribution in [3.8, 4) is 0 Å². The first-order valence-corrected chi connectivity index (χ1v) is 8.65. The van der Waals surface area contributed by atoms with E-state index in [9.17, 15) is 0 Å². The topological polar surface area (TPSA) is 0 Å². The summed E-state index contributed by atoms with van der Waals surface area (Å²) in [5, 5.41) is 0. The minimum Gasteiger partial charge on any atom is -0.0991 e. The van der Waals surface area contributed by atoms with Crippen LogP contribution in [0.15, 0.2) is 36.5 Å². The van der Waals surface area contributed by atoms with E-state index in [2.05, 4.69) is 39.5 Å². The first-order valence-electron chi connectivity index (χ1n) is 8.65. The first-order chi connectivity index (χ1) is 9.71. The van der Waals surface area contributed by atoms with E-state index in [4.69, 9.17) is 0 Å². The Labute approximate surface area is 127 Å². The molecule has 0 aromatic carbocycles. The zero-order chi connectivity index (χ0) is 14.8. The summed E-state index contributed by atoms with van der Waals surface area (Å²) in [6, 6.07) is 0. The van der Waals surface area contributed by atoms with Gasteiger partial charge in [-0.05, 0) is 43.9 Å². The standard InChI is InChI=1S/C20H34/c1-5-8-11-18(6-2)15-14-17(4)16-20-13-10-9-12-19(20)7-3/h5-6,8,11,17,19-20H,1,7,9-10,12-16H2,2-4H3/b11-8-,18-6+. The molecule has 1 saturated carbocycles. The molecule has 3 atom stereocenters. The Bertz CT molecular complexity index is 321. The van der Waals surface area contributed by atoms with E-state index in [1.807, 2.05) is 12.2 Å². The SMILES string of the molecule is C=C/C=C\C(=C/C)CCC(C)CC1CCCCC1CC. The van der Waals surface area contributed by atoms with Crippen molar-refractivity contribution >= 4 is 0 Å². The fourth-order valence-corrected chi connectivity index (χ4v) is 3.70. The van der Waals surface area contributed by atoms with Gasteiger partial charge in [0, 0.05) is 0 Å². The van der Waals surface area contributed by atoms with Crippen molar-refractivity contribution in [3.63, 3.8) is 0 Å². The summed E-state index contributed by atoms with van der Waals surface area (Å²) < 4.78 is 0. The summed E-state index contributed by atoms with van der Waals surface area (Å²) in [4.78, 5) is 0. The molecule has 0 radical (unpaired) electrons. The Morgan fingerprint density at radius 1 is 1.25 bits per heavy atom. The molecule has 20 heavy (non-hydrogen) atoms. The summed E-state index contributed by atoms with van der Waals surface area (Å²) >= 11 is 0. The van der Waals surface area contributed by atoms with Crippen LogP contribution in [0, 0.1) is 17.8 Å². The molecule has 0 N–H and O–H groups in total. The molecule has 0 bridgehead atoms. The molecule has 0 heterocycles.